The summed E-state index contributed by atoms with van der Waals surface area (Å²) in [7, 11) is 0. The molecule has 0 bridgehead atoms. The van der Waals surface area contributed by atoms with E-state index in [0.717, 1.165) is 17.8 Å². The molecule has 0 spiro atoms. The number of para-hydroxylation sites is 1. The molecule has 7 nitrogen and oxygen atoms in total. The second-order valence-corrected chi connectivity index (χ2v) is 7.16. The van der Waals surface area contributed by atoms with Crippen LogP contribution in [0.5, 0.6) is 5.75 Å². The number of fused-ring (bicyclic) bond motifs is 1. The Labute approximate surface area is 153 Å². The molecule has 0 saturated heterocycles. The highest BCUT2D eigenvalue weighted by Gasteiger charge is 2.28. The molecule has 1 unspecified atom stereocenters. The van der Waals surface area contributed by atoms with Gasteiger partial charge in [0.15, 0.2) is 6.10 Å². The quantitative estimate of drug-likeness (QED) is 0.619. The Balaban J connectivity index is 1.42. The van der Waals surface area contributed by atoms with Gasteiger partial charge < -0.3 is 9.47 Å². The van der Waals surface area contributed by atoms with E-state index in [0.29, 0.717) is 22.3 Å². The number of rotatable bonds is 6. The van der Waals surface area contributed by atoms with Crippen LogP contribution in [-0.2, 0) is 16.1 Å². The van der Waals surface area contributed by atoms with Crippen LogP contribution >= 0.6 is 11.3 Å². The minimum atomic E-state index is -0.757. The number of hydrogen-bond acceptors (Lipinski definition) is 7. The third-order valence-electron chi connectivity index (χ3n) is 3.99. The minimum absolute atomic E-state index is 0.0796. The normalized spacial score (nSPS) is 15.0. The maximum atomic E-state index is 12.2. The first-order valence-electron chi connectivity index (χ1n) is 8.38. The van der Waals surface area contributed by atoms with Gasteiger partial charge >= 0.3 is 5.97 Å². The fourth-order valence-electron chi connectivity index (χ4n) is 2.45. The Morgan fingerprint density at radius 1 is 1.35 bits per heavy atom. The van der Waals surface area contributed by atoms with Crippen molar-refractivity contribution in [3.8, 4) is 5.75 Å². The summed E-state index contributed by atoms with van der Waals surface area (Å²) >= 11 is 1.41. The van der Waals surface area contributed by atoms with E-state index in [1.807, 2.05) is 18.2 Å². The Morgan fingerprint density at radius 3 is 2.85 bits per heavy atom. The van der Waals surface area contributed by atoms with Gasteiger partial charge in [-0.1, -0.05) is 29.5 Å². The molecular formula is C18H17N3O4S. The van der Waals surface area contributed by atoms with E-state index >= 15 is 0 Å². The van der Waals surface area contributed by atoms with E-state index in [9.17, 15) is 9.59 Å². The first-order chi connectivity index (χ1) is 12.6. The molecule has 1 aromatic carbocycles. The van der Waals surface area contributed by atoms with Crippen molar-refractivity contribution < 1.29 is 14.3 Å². The molecule has 1 aliphatic rings. The molecule has 0 amide bonds. The summed E-state index contributed by atoms with van der Waals surface area (Å²) in [6, 6.07) is 10.4. The smallest absolute Gasteiger partial charge is 0.347 e. The van der Waals surface area contributed by atoms with E-state index in [2.05, 4.69) is 10.1 Å². The van der Waals surface area contributed by atoms with E-state index in [-0.39, 0.29) is 12.2 Å². The number of hydrogen-bond donors (Lipinski definition) is 0. The largest absolute Gasteiger partial charge is 0.479 e. The number of ether oxygens (including phenoxy) is 2. The number of nitrogens with zero attached hydrogens (tertiary/aromatic N) is 3. The first-order valence-corrected chi connectivity index (χ1v) is 9.20. The number of carbonyl (C=O) groups is 1. The SMILES string of the molecule is CC(Oc1ccccc1)C(=O)OCc1cc(=O)n2nc(C3CC3)sc2n1. The van der Waals surface area contributed by atoms with Gasteiger partial charge in [0.2, 0.25) is 4.96 Å². The Morgan fingerprint density at radius 2 is 2.12 bits per heavy atom. The molecule has 0 aliphatic heterocycles. The average Bonchev–Trinajstić information content (AvgIpc) is 3.40. The maximum Gasteiger partial charge on any atom is 0.347 e. The summed E-state index contributed by atoms with van der Waals surface area (Å²) in [6.45, 7) is 1.54. The van der Waals surface area contributed by atoms with E-state index in [1.54, 1.807) is 19.1 Å². The molecule has 26 heavy (non-hydrogen) atoms. The van der Waals surface area contributed by atoms with Crippen molar-refractivity contribution in [3.63, 3.8) is 0 Å². The van der Waals surface area contributed by atoms with Gasteiger partial charge in [0.25, 0.3) is 5.56 Å². The van der Waals surface area contributed by atoms with E-state index in [4.69, 9.17) is 9.47 Å². The predicted molar refractivity (Wildman–Crippen MR) is 95.4 cm³/mol. The fourth-order valence-corrected chi connectivity index (χ4v) is 3.55. The zero-order valence-electron chi connectivity index (χ0n) is 14.1. The Hall–Kier alpha value is -2.74. The fraction of sp³-hybridized carbons (Fsp3) is 0.333. The molecule has 2 aromatic heterocycles. The van der Waals surface area contributed by atoms with Crippen molar-refractivity contribution in [3.05, 3.63) is 57.5 Å². The van der Waals surface area contributed by atoms with Crippen molar-refractivity contribution in [2.75, 3.05) is 0 Å². The summed E-state index contributed by atoms with van der Waals surface area (Å²) in [6.07, 6.45) is 1.46. The van der Waals surface area contributed by atoms with Crippen LogP contribution in [0, 0.1) is 0 Å². The summed E-state index contributed by atoms with van der Waals surface area (Å²) in [5.74, 6) is 0.532. The van der Waals surface area contributed by atoms with E-state index in [1.165, 1.54) is 21.9 Å². The summed E-state index contributed by atoms with van der Waals surface area (Å²) < 4.78 is 12.1. The van der Waals surface area contributed by atoms with Gasteiger partial charge in [-0.2, -0.15) is 9.61 Å². The third kappa shape index (κ3) is 3.60. The first kappa shape index (κ1) is 16.7. The lowest BCUT2D eigenvalue weighted by Crippen LogP contribution is -2.26. The Kier molecular flexibility index (Phi) is 4.42. The summed E-state index contributed by atoms with van der Waals surface area (Å²) in [5.41, 5.74) is 0.138. The zero-order valence-corrected chi connectivity index (χ0v) is 14.9. The molecule has 1 saturated carbocycles. The monoisotopic (exact) mass is 371 g/mol. The topological polar surface area (TPSA) is 82.8 Å². The van der Waals surface area contributed by atoms with Gasteiger partial charge in [-0.25, -0.2) is 9.78 Å². The predicted octanol–water partition coefficient (Wildman–Crippen LogP) is 2.54. The second-order valence-electron chi connectivity index (χ2n) is 6.18. The van der Waals surface area contributed by atoms with Crippen molar-refractivity contribution in [1.29, 1.82) is 0 Å². The number of esters is 1. The minimum Gasteiger partial charge on any atom is -0.479 e. The van der Waals surface area contributed by atoms with Gasteiger partial charge in [-0.15, -0.1) is 0 Å². The van der Waals surface area contributed by atoms with Crippen LogP contribution in [0.3, 0.4) is 0 Å². The molecule has 4 rings (SSSR count). The molecule has 1 atom stereocenters. The zero-order chi connectivity index (χ0) is 18.1. The number of aromatic nitrogens is 3. The van der Waals surface area contributed by atoms with Crippen LogP contribution in [0.2, 0.25) is 0 Å². The lowest BCUT2D eigenvalue weighted by atomic mass is 10.3. The van der Waals surface area contributed by atoms with Gasteiger partial charge in [0.05, 0.1) is 5.69 Å². The standard InChI is InChI=1S/C18H17N3O4S/c1-11(25-14-5-3-2-4-6-14)17(23)24-10-13-9-15(22)21-18(19-13)26-16(20-21)12-7-8-12/h2-6,9,11-12H,7-8,10H2,1H3. The molecular weight excluding hydrogens is 354 g/mol. The summed E-state index contributed by atoms with van der Waals surface area (Å²) in [4.78, 5) is 29.2. The van der Waals surface area contributed by atoms with Gasteiger partial charge in [0.1, 0.15) is 17.4 Å². The highest BCUT2D eigenvalue weighted by Crippen LogP contribution is 2.41. The maximum absolute atomic E-state index is 12.2. The molecule has 0 N–H and O–H groups in total. The van der Waals surface area contributed by atoms with E-state index < -0.39 is 12.1 Å². The van der Waals surface area contributed by atoms with Crippen LogP contribution in [0.1, 0.15) is 36.4 Å². The highest BCUT2D eigenvalue weighted by atomic mass is 32.1. The van der Waals surface area contributed by atoms with Crippen LogP contribution in [0.25, 0.3) is 4.96 Å². The number of benzene rings is 1. The molecule has 8 heteroatoms. The van der Waals surface area contributed by atoms with Crippen LogP contribution in [0.15, 0.2) is 41.2 Å². The second kappa shape index (κ2) is 6.87. The number of carbonyl (C=O) groups excluding carboxylic acids is 1. The Bertz CT molecular complexity index is 995. The molecule has 134 valence electrons. The van der Waals surface area contributed by atoms with Crippen LogP contribution in [0.4, 0.5) is 0 Å². The molecule has 0 radical (unpaired) electrons. The van der Waals surface area contributed by atoms with Crippen LogP contribution < -0.4 is 10.3 Å². The molecule has 3 aromatic rings. The molecule has 1 fully saturated rings. The lowest BCUT2D eigenvalue weighted by Gasteiger charge is -2.13. The van der Waals surface area contributed by atoms with Gasteiger partial charge in [-0.05, 0) is 31.9 Å². The molecule has 1 aliphatic carbocycles. The van der Waals surface area contributed by atoms with Gasteiger partial charge in [-0.3, -0.25) is 4.79 Å². The molecule has 2 heterocycles. The van der Waals surface area contributed by atoms with Crippen molar-refractivity contribution in [2.24, 2.45) is 0 Å². The van der Waals surface area contributed by atoms with Crippen molar-refractivity contribution >= 4 is 22.3 Å². The van der Waals surface area contributed by atoms with Crippen molar-refractivity contribution in [2.45, 2.75) is 38.4 Å². The highest BCUT2D eigenvalue weighted by molar-refractivity contribution is 7.16. The summed E-state index contributed by atoms with van der Waals surface area (Å²) in [5, 5.41) is 5.26. The average molecular weight is 371 g/mol. The van der Waals surface area contributed by atoms with Crippen LogP contribution in [-0.4, -0.2) is 26.7 Å². The third-order valence-corrected chi connectivity index (χ3v) is 5.06. The van der Waals surface area contributed by atoms with Gasteiger partial charge in [0, 0.05) is 12.0 Å². The van der Waals surface area contributed by atoms with Crippen molar-refractivity contribution in [1.82, 2.24) is 14.6 Å². The lowest BCUT2D eigenvalue weighted by molar-refractivity contribution is -0.152.